The Bertz CT molecular complexity index is 1220. The van der Waals surface area contributed by atoms with E-state index in [0.717, 1.165) is 10.6 Å². The smallest absolute Gasteiger partial charge is 0.283 e. The Balaban J connectivity index is 1.60. The van der Waals surface area contributed by atoms with Crippen molar-refractivity contribution in [1.82, 2.24) is 5.01 Å². The monoisotopic (exact) mass is 486 g/mol. The van der Waals surface area contributed by atoms with E-state index in [1.165, 1.54) is 42.1 Å². The van der Waals surface area contributed by atoms with Gasteiger partial charge in [-0.15, -0.1) is 0 Å². The number of hydrogen-bond acceptors (Lipinski definition) is 6. The maximum atomic E-state index is 13.1. The molecule has 0 aliphatic carbocycles. The number of carbonyl (C=O) groups is 1. The molecule has 1 amide bonds. The molecular formula is C23H20ClFN4O3S. The van der Waals surface area contributed by atoms with Crippen LogP contribution in [0.25, 0.3) is 6.08 Å². The molecule has 2 heterocycles. The van der Waals surface area contributed by atoms with Crippen LogP contribution in [0.5, 0.6) is 11.5 Å². The van der Waals surface area contributed by atoms with Crippen LogP contribution in [0.3, 0.4) is 0 Å². The van der Waals surface area contributed by atoms with E-state index in [2.05, 4.69) is 10.1 Å². The lowest BCUT2D eigenvalue weighted by atomic mass is 10.1. The van der Waals surface area contributed by atoms with Gasteiger partial charge in [0.1, 0.15) is 17.5 Å². The first-order valence-electron chi connectivity index (χ1n) is 10.0. The largest absolute Gasteiger partial charge is 0.493 e. The molecule has 33 heavy (non-hydrogen) atoms. The van der Waals surface area contributed by atoms with Crippen LogP contribution in [-0.2, 0) is 11.4 Å². The van der Waals surface area contributed by atoms with Crippen molar-refractivity contribution >= 4 is 51.4 Å². The van der Waals surface area contributed by atoms with Crippen molar-refractivity contribution in [3.8, 4) is 11.5 Å². The summed E-state index contributed by atoms with van der Waals surface area (Å²) in [7, 11) is 1.47. The number of aliphatic imine (C=N–C) groups is 1. The van der Waals surface area contributed by atoms with Crippen LogP contribution in [0, 0.1) is 17.1 Å². The van der Waals surface area contributed by atoms with Crippen LogP contribution in [-0.4, -0.2) is 34.1 Å². The summed E-state index contributed by atoms with van der Waals surface area (Å²) < 4.78 is 24.3. The summed E-state index contributed by atoms with van der Waals surface area (Å²) in [4.78, 5) is 16.7. The second-order valence-corrected chi connectivity index (χ2v) is 8.96. The number of hydrogen-bond donors (Lipinski definition) is 1. The van der Waals surface area contributed by atoms with Gasteiger partial charge in [-0.05, 0) is 53.2 Å². The van der Waals surface area contributed by atoms with Crippen molar-refractivity contribution in [2.75, 3.05) is 7.11 Å². The van der Waals surface area contributed by atoms with Gasteiger partial charge >= 0.3 is 0 Å². The van der Waals surface area contributed by atoms with E-state index < -0.39 is 5.91 Å². The highest BCUT2D eigenvalue weighted by molar-refractivity contribution is 8.27. The van der Waals surface area contributed by atoms with Crippen LogP contribution >= 0.6 is 23.4 Å². The zero-order valence-electron chi connectivity index (χ0n) is 18.1. The number of ether oxygens (including phenoxy) is 2. The first-order valence-corrected chi connectivity index (χ1v) is 11.2. The molecule has 0 saturated heterocycles. The van der Waals surface area contributed by atoms with Crippen LogP contribution in [0.1, 0.15) is 25.0 Å². The van der Waals surface area contributed by atoms with Gasteiger partial charge in [0.25, 0.3) is 5.91 Å². The standard InChI is InChI=1S/C23H20ClFN4O3S/c1-12(2)22-28-29-20(26)16(21(30)27-23(29)33-22)8-14-9-17(24)19(18(10-14)31-3)32-11-13-4-6-15(25)7-5-13/h4-10,12,26H,11H2,1-3H3/b16-8-,26-20?. The van der Waals surface area contributed by atoms with Crippen molar-refractivity contribution in [2.24, 2.45) is 16.0 Å². The van der Waals surface area contributed by atoms with Gasteiger partial charge in [0.15, 0.2) is 17.3 Å². The Morgan fingerprint density at radius 1 is 1.27 bits per heavy atom. The van der Waals surface area contributed by atoms with Gasteiger partial charge in [-0.3, -0.25) is 10.2 Å². The number of hydrazone groups is 1. The molecule has 1 N–H and O–H groups in total. The van der Waals surface area contributed by atoms with Crippen molar-refractivity contribution in [1.29, 1.82) is 5.41 Å². The number of thioether (sulfide) groups is 1. The van der Waals surface area contributed by atoms with E-state index in [1.54, 1.807) is 24.3 Å². The molecule has 2 aromatic carbocycles. The Morgan fingerprint density at radius 2 is 2.00 bits per heavy atom. The second-order valence-electron chi connectivity index (χ2n) is 7.56. The third-order valence-electron chi connectivity index (χ3n) is 4.82. The third-order valence-corrected chi connectivity index (χ3v) is 6.31. The normalized spacial score (nSPS) is 16.8. The fourth-order valence-corrected chi connectivity index (χ4v) is 4.27. The Morgan fingerprint density at radius 3 is 2.67 bits per heavy atom. The highest BCUT2D eigenvalue weighted by Gasteiger charge is 2.36. The van der Waals surface area contributed by atoms with Gasteiger partial charge in [-0.25, -0.2) is 4.39 Å². The minimum Gasteiger partial charge on any atom is -0.493 e. The molecular weight excluding hydrogens is 467 g/mol. The van der Waals surface area contributed by atoms with E-state index in [1.807, 2.05) is 13.8 Å². The van der Waals surface area contributed by atoms with Gasteiger partial charge in [-0.1, -0.05) is 37.6 Å². The predicted octanol–water partition coefficient (Wildman–Crippen LogP) is 5.34. The molecule has 0 aromatic heterocycles. The maximum absolute atomic E-state index is 13.1. The maximum Gasteiger partial charge on any atom is 0.283 e. The van der Waals surface area contributed by atoms with E-state index >= 15 is 0 Å². The number of methoxy groups -OCH3 is 1. The first-order chi connectivity index (χ1) is 15.8. The summed E-state index contributed by atoms with van der Waals surface area (Å²) in [6.07, 6.45) is 1.52. The number of nitrogens with one attached hydrogen (secondary N) is 1. The summed E-state index contributed by atoms with van der Waals surface area (Å²) in [5.74, 6) is -0.0789. The van der Waals surface area contributed by atoms with E-state index in [-0.39, 0.29) is 34.8 Å². The molecule has 2 aromatic rings. The first kappa shape index (κ1) is 23.0. The van der Waals surface area contributed by atoms with E-state index in [0.29, 0.717) is 22.2 Å². The molecule has 170 valence electrons. The molecule has 0 spiro atoms. The minimum absolute atomic E-state index is 0.0557. The van der Waals surface area contributed by atoms with Gasteiger partial charge in [0, 0.05) is 5.92 Å². The molecule has 0 atom stereocenters. The number of halogens is 2. The molecule has 4 rings (SSSR count). The Hall–Kier alpha value is -3.17. The topological polar surface area (TPSA) is 87.3 Å². The number of nitrogens with zero attached hydrogens (tertiary/aromatic N) is 3. The lowest BCUT2D eigenvalue weighted by Crippen LogP contribution is -2.35. The van der Waals surface area contributed by atoms with Gasteiger partial charge in [0.2, 0.25) is 5.17 Å². The SMILES string of the molecule is COc1cc(/C=C2/C(=N)N3N=C(C(C)C)SC3=NC2=O)cc(Cl)c1OCc1ccc(F)cc1. The molecule has 2 aliphatic rings. The molecule has 0 saturated carbocycles. The predicted molar refractivity (Wildman–Crippen MR) is 129 cm³/mol. The second kappa shape index (κ2) is 9.36. The molecule has 2 aliphatic heterocycles. The number of rotatable bonds is 6. The summed E-state index contributed by atoms with van der Waals surface area (Å²) in [6.45, 7) is 4.14. The molecule has 0 bridgehead atoms. The number of benzene rings is 2. The highest BCUT2D eigenvalue weighted by atomic mass is 35.5. The zero-order chi connectivity index (χ0) is 23.7. The average molecular weight is 487 g/mol. The van der Waals surface area contributed by atoms with Crippen LogP contribution in [0.4, 0.5) is 4.39 Å². The van der Waals surface area contributed by atoms with Crippen molar-refractivity contribution in [2.45, 2.75) is 20.5 Å². The molecule has 0 radical (unpaired) electrons. The minimum atomic E-state index is -0.523. The highest BCUT2D eigenvalue weighted by Crippen LogP contribution is 2.38. The van der Waals surface area contributed by atoms with Gasteiger partial charge < -0.3 is 9.47 Å². The van der Waals surface area contributed by atoms with Gasteiger partial charge in [-0.2, -0.15) is 15.1 Å². The van der Waals surface area contributed by atoms with Gasteiger partial charge in [0.05, 0.1) is 17.7 Å². The van der Waals surface area contributed by atoms with Crippen LogP contribution in [0.15, 0.2) is 52.1 Å². The van der Waals surface area contributed by atoms with Crippen molar-refractivity contribution in [3.63, 3.8) is 0 Å². The van der Waals surface area contributed by atoms with E-state index in [9.17, 15) is 9.18 Å². The number of amides is 1. The third kappa shape index (κ3) is 4.79. The average Bonchev–Trinajstić information content (AvgIpc) is 3.21. The quantitative estimate of drug-likeness (QED) is 0.557. The summed E-state index contributed by atoms with van der Waals surface area (Å²) >= 11 is 7.73. The van der Waals surface area contributed by atoms with Crippen molar-refractivity contribution in [3.05, 3.63) is 63.9 Å². The lowest BCUT2D eigenvalue weighted by molar-refractivity contribution is -0.114. The number of amidine groups is 2. The summed E-state index contributed by atoms with van der Waals surface area (Å²) in [6, 6.07) is 9.20. The Labute approximate surface area is 199 Å². The number of fused-ring (bicyclic) bond motifs is 1. The Kier molecular flexibility index (Phi) is 6.53. The summed E-state index contributed by atoms with van der Waals surface area (Å²) in [5, 5.41) is 15.7. The van der Waals surface area contributed by atoms with Crippen LogP contribution < -0.4 is 9.47 Å². The molecule has 7 nitrogen and oxygen atoms in total. The van der Waals surface area contributed by atoms with E-state index in [4.69, 9.17) is 26.5 Å². The van der Waals surface area contributed by atoms with Crippen molar-refractivity contribution < 1.29 is 18.7 Å². The molecule has 0 fully saturated rings. The lowest BCUT2D eigenvalue weighted by Gasteiger charge is -2.20. The number of carbonyl (C=O) groups excluding carboxylic acids is 1. The molecule has 10 heteroatoms. The van der Waals surface area contributed by atoms with Crippen LogP contribution in [0.2, 0.25) is 5.02 Å². The fourth-order valence-electron chi connectivity index (χ4n) is 3.11. The summed E-state index contributed by atoms with van der Waals surface area (Å²) in [5.41, 5.74) is 1.39. The fraction of sp³-hybridized carbons (Fsp3) is 0.217. The molecule has 0 unspecified atom stereocenters. The zero-order valence-corrected chi connectivity index (χ0v) is 19.6.